The Balaban J connectivity index is 1.63. The summed E-state index contributed by atoms with van der Waals surface area (Å²) in [5, 5.41) is 20.2. The van der Waals surface area contributed by atoms with E-state index >= 15 is 0 Å². The maximum atomic E-state index is 13.5. The van der Waals surface area contributed by atoms with Crippen LogP contribution in [-0.2, 0) is 11.3 Å². The highest BCUT2D eigenvalue weighted by Crippen LogP contribution is 2.41. The average Bonchev–Trinajstić information content (AvgIpc) is 3.11. The number of carbonyl (C=O) groups excluding carboxylic acids is 2. The summed E-state index contributed by atoms with van der Waals surface area (Å²) in [5.74, 6) is -1.06. The lowest BCUT2D eigenvalue weighted by molar-refractivity contribution is -0.146. The molecule has 1 spiro atoms. The van der Waals surface area contributed by atoms with E-state index in [-0.39, 0.29) is 23.0 Å². The van der Waals surface area contributed by atoms with E-state index in [0.717, 1.165) is 18.4 Å². The maximum absolute atomic E-state index is 13.5. The third kappa shape index (κ3) is 2.99. The zero-order valence-corrected chi connectivity index (χ0v) is 15.7. The van der Waals surface area contributed by atoms with E-state index in [9.17, 15) is 19.8 Å². The first-order chi connectivity index (χ1) is 13.5. The largest absolute Gasteiger partial charge is 0.507 e. The van der Waals surface area contributed by atoms with Crippen molar-refractivity contribution in [1.29, 1.82) is 0 Å². The zero-order chi connectivity index (χ0) is 19.7. The van der Waals surface area contributed by atoms with Crippen molar-refractivity contribution < 1.29 is 19.8 Å². The molecule has 0 saturated carbocycles. The summed E-state index contributed by atoms with van der Waals surface area (Å²) in [6.45, 7) is 1.63. The summed E-state index contributed by atoms with van der Waals surface area (Å²) in [5.41, 5.74) is 0.0395. The zero-order valence-electron chi connectivity index (χ0n) is 15.7. The summed E-state index contributed by atoms with van der Waals surface area (Å²) < 4.78 is 0. The summed E-state index contributed by atoms with van der Waals surface area (Å²) >= 11 is 0. The second-order valence-corrected chi connectivity index (χ2v) is 7.58. The molecule has 2 saturated heterocycles. The number of piperidine rings is 1. The predicted octanol–water partition coefficient (Wildman–Crippen LogP) is 2.90. The molecule has 2 amide bonds. The molecule has 2 aliphatic heterocycles. The van der Waals surface area contributed by atoms with Crippen LogP contribution in [-0.4, -0.2) is 50.5 Å². The monoisotopic (exact) mass is 380 g/mol. The number of rotatable bonds is 3. The molecule has 2 heterocycles. The van der Waals surface area contributed by atoms with E-state index in [1.165, 1.54) is 18.2 Å². The first-order valence-electron chi connectivity index (χ1n) is 9.69. The molecule has 0 bridgehead atoms. The van der Waals surface area contributed by atoms with Crippen LogP contribution in [0.3, 0.4) is 0 Å². The molecule has 0 aromatic heterocycles. The summed E-state index contributed by atoms with van der Waals surface area (Å²) in [7, 11) is 0. The summed E-state index contributed by atoms with van der Waals surface area (Å²) in [6.07, 6.45) is 2.76. The van der Waals surface area contributed by atoms with Gasteiger partial charge in [0.2, 0.25) is 5.91 Å². The van der Waals surface area contributed by atoms with Crippen molar-refractivity contribution >= 4 is 11.8 Å². The van der Waals surface area contributed by atoms with Gasteiger partial charge in [-0.25, -0.2) is 0 Å². The van der Waals surface area contributed by atoms with E-state index in [1.807, 2.05) is 35.2 Å². The van der Waals surface area contributed by atoms with Crippen LogP contribution in [0.1, 0.15) is 41.6 Å². The minimum atomic E-state index is -0.890. The molecule has 2 N–H and O–H groups in total. The van der Waals surface area contributed by atoms with Crippen molar-refractivity contribution in [3.05, 3.63) is 59.7 Å². The highest BCUT2D eigenvalue weighted by molar-refractivity contribution is 6.03. The lowest BCUT2D eigenvalue weighted by atomic mass is 9.84. The number of phenolic OH excluding ortho intramolecular Hbond substituents is 2. The van der Waals surface area contributed by atoms with Gasteiger partial charge in [-0.1, -0.05) is 36.4 Å². The van der Waals surface area contributed by atoms with Gasteiger partial charge in [-0.15, -0.1) is 0 Å². The van der Waals surface area contributed by atoms with Crippen LogP contribution in [0, 0.1) is 0 Å². The molecule has 2 aliphatic rings. The minimum absolute atomic E-state index is 0.0386. The van der Waals surface area contributed by atoms with Crippen molar-refractivity contribution in [1.82, 2.24) is 9.80 Å². The fourth-order valence-corrected chi connectivity index (χ4v) is 4.56. The summed E-state index contributed by atoms with van der Waals surface area (Å²) in [4.78, 5) is 30.1. The SMILES string of the molecule is O=C(c1c(O)cccc1O)N1CCCC12CCCN(Cc1ccccc1)C2=O. The van der Waals surface area contributed by atoms with Gasteiger partial charge in [0, 0.05) is 19.6 Å². The standard InChI is InChI=1S/C22H24N2O4/c25-17-9-4-10-18(26)19(17)20(27)24-14-6-12-22(24)11-5-13-23(21(22)28)15-16-7-2-1-3-8-16/h1-4,7-10,25-26H,5-6,11-15H2. The fourth-order valence-electron chi connectivity index (χ4n) is 4.56. The van der Waals surface area contributed by atoms with Gasteiger partial charge in [0.1, 0.15) is 22.6 Å². The van der Waals surface area contributed by atoms with Gasteiger partial charge in [0.15, 0.2) is 0 Å². The number of carbonyl (C=O) groups is 2. The van der Waals surface area contributed by atoms with Crippen LogP contribution in [0.4, 0.5) is 0 Å². The van der Waals surface area contributed by atoms with Gasteiger partial charge < -0.3 is 20.0 Å². The van der Waals surface area contributed by atoms with Gasteiger partial charge in [-0.3, -0.25) is 9.59 Å². The molecule has 0 aliphatic carbocycles. The molecule has 6 nitrogen and oxygen atoms in total. The Labute approximate surface area is 164 Å². The van der Waals surface area contributed by atoms with E-state index in [1.54, 1.807) is 4.90 Å². The molecule has 146 valence electrons. The first-order valence-corrected chi connectivity index (χ1v) is 9.69. The highest BCUT2D eigenvalue weighted by Gasteiger charge is 2.53. The molecule has 6 heteroatoms. The Kier molecular flexibility index (Phi) is 4.71. The van der Waals surface area contributed by atoms with Gasteiger partial charge in [-0.2, -0.15) is 0 Å². The molecular formula is C22H24N2O4. The molecule has 1 unspecified atom stereocenters. The van der Waals surface area contributed by atoms with Gasteiger partial charge in [-0.05, 0) is 43.4 Å². The molecule has 0 radical (unpaired) electrons. The normalized spacial score (nSPS) is 22.1. The molecular weight excluding hydrogens is 356 g/mol. The minimum Gasteiger partial charge on any atom is -0.507 e. The lowest BCUT2D eigenvalue weighted by Gasteiger charge is -2.44. The van der Waals surface area contributed by atoms with Gasteiger partial charge in [0.05, 0.1) is 0 Å². The number of amides is 2. The molecule has 2 fully saturated rings. The average molecular weight is 380 g/mol. The Hall–Kier alpha value is -3.02. The van der Waals surface area contributed by atoms with Crippen molar-refractivity contribution in [3.8, 4) is 11.5 Å². The second-order valence-electron chi connectivity index (χ2n) is 7.58. The maximum Gasteiger partial charge on any atom is 0.262 e. The van der Waals surface area contributed by atoms with Crippen LogP contribution in [0.2, 0.25) is 0 Å². The number of hydrogen-bond donors (Lipinski definition) is 2. The Morgan fingerprint density at radius 2 is 1.57 bits per heavy atom. The third-order valence-electron chi connectivity index (χ3n) is 5.89. The first kappa shape index (κ1) is 18.3. The molecule has 1 atom stereocenters. The van der Waals surface area contributed by atoms with E-state index in [2.05, 4.69) is 0 Å². The lowest BCUT2D eigenvalue weighted by Crippen LogP contribution is -2.61. The van der Waals surface area contributed by atoms with Crippen LogP contribution in [0.15, 0.2) is 48.5 Å². The van der Waals surface area contributed by atoms with Crippen molar-refractivity contribution in [2.75, 3.05) is 13.1 Å². The van der Waals surface area contributed by atoms with Crippen molar-refractivity contribution in [2.45, 2.75) is 37.8 Å². The van der Waals surface area contributed by atoms with E-state index in [4.69, 9.17) is 0 Å². The smallest absolute Gasteiger partial charge is 0.262 e. The number of phenols is 2. The second kappa shape index (κ2) is 7.19. The number of aromatic hydroxyl groups is 2. The Bertz CT molecular complexity index is 878. The predicted molar refractivity (Wildman–Crippen MR) is 104 cm³/mol. The number of nitrogens with zero attached hydrogens (tertiary/aromatic N) is 2. The quantitative estimate of drug-likeness (QED) is 0.858. The number of hydrogen-bond acceptors (Lipinski definition) is 4. The van der Waals surface area contributed by atoms with Gasteiger partial charge >= 0.3 is 0 Å². The number of benzene rings is 2. The highest BCUT2D eigenvalue weighted by atomic mass is 16.3. The van der Waals surface area contributed by atoms with Crippen LogP contribution >= 0.6 is 0 Å². The molecule has 2 aromatic carbocycles. The van der Waals surface area contributed by atoms with Crippen LogP contribution < -0.4 is 0 Å². The van der Waals surface area contributed by atoms with E-state index in [0.29, 0.717) is 32.5 Å². The van der Waals surface area contributed by atoms with E-state index < -0.39 is 11.4 Å². The van der Waals surface area contributed by atoms with Crippen LogP contribution in [0.5, 0.6) is 11.5 Å². The van der Waals surface area contributed by atoms with Crippen molar-refractivity contribution in [2.24, 2.45) is 0 Å². The fraction of sp³-hybridized carbons (Fsp3) is 0.364. The number of likely N-dealkylation sites (tertiary alicyclic amines) is 2. The third-order valence-corrected chi connectivity index (χ3v) is 5.89. The molecule has 4 rings (SSSR count). The Morgan fingerprint density at radius 3 is 2.25 bits per heavy atom. The Morgan fingerprint density at radius 1 is 0.929 bits per heavy atom. The molecule has 2 aromatic rings. The summed E-state index contributed by atoms with van der Waals surface area (Å²) in [6, 6.07) is 14.1. The topological polar surface area (TPSA) is 81.1 Å². The van der Waals surface area contributed by atoms with Crippen molar-refractivity contribution in [3.63, 3.8) is 0 Å². The van der Waals surface area contributed by atoms with Gasteiger partial charge in [0.25, 0.3) is 5.91 Å². The van der Waals surface area contributed by atoms with Crippen LogP contribution in [0.25, 0.3) is 0 Å². The molecule has 28 heavy (non-hydrogen) atoms.